The van der Waals surface area contributed by atoms with E-state index in [-0.39, 0.29) is 18.5 Å². The number of carbonyl (C=O) groups is 2. The number of alkyl halides is 1. The zero-order chi connectivity index (χ0) is 23.4. The van der Waals surface area contributed by atoms with Crippen LogP contribution in [-0.2, 0) is 14.3 Å². The van der Waals surface area contributed by atoms with Gasteiger partial charge in [-0.15, -0.1) is 11.6 Å². The first-order chi connectivity index (χ1) is 14.9. The minimum absolute atomic E-state index is 0.102. The summed E-state index contributed by atoms with van der Waals surface area (Å²) in [6, 6.07) is 3.85. The number of carbonyl (C=O) groups excluding carboxylic acids is 2. The third kappa shape index (κ3) is 3.85. The topological polar surface area (TPSA) is 78.0 Å². The first-order valence-electron chi connectivity index (χ1n) is 10.4. The summed E-state index contributed by atoms with van der Waals surface area (Å²) in [6.45, 7) is 7.10. The van der Waals surface area contributed by atoms with Crippen molar-refractivity contribution in [2.24, 2.45) is 0 Å². The summed E-state index contributed by atoms with van der Waals surface area (Å²) in [5, 5.41) is 0.0635. The van der Waals surface area contributed by atoms with Gasteiger partial charge in [0.1, 0.15) is 34.3 Å². The van der Waals surface area contributed by atoms with Crippen LogP contribution in [0.1, 0.15) is 50.2 Å². The Morgan fingerprint density at radius 2 is 2.03 bits per heavy atom. The Balaban J connectivity index is 1.74. The predicted octanol–water partition coefficient (Wildman–Crippen LogP) is 4.67. The fraction of sp³-hybridized carbons (Fsp3) is 0.522. The average Bonchev–Trinajstić information content (AvgIpc) is 3.06. The normalized spacial score (nSPS) is 24.9. The summed E-state index contributed by atoms with van der Waals surface area (Å²) in [6.07, 6.45) is -0.105. The number of halogens is 2. The van der Waals surface area contributed by atoms with E-state index in [1.54, 1.807) is 39.8 Å². The van der Waals surface area contributed by atoms with Gasteiger partial charge in [-0.2, -0.15) is 0 Å². The average molecular weight is 465 g/mol. The Morgan fingerprint density at radius 3 is 2.69 bits per heavy atom. The van der Waals surface area contributed by atoms with Gasteiger partial charge >= 0.3 is 12.1 Å². The molecule has 1 spiro atoms. The molecule has 0 radical (unpaired) electrons. The number of amides is 1. The lowest BCUT2D eigenvalue weighted by molar-refractivity contribution is -0.145. The van der Waals surface area contributed by atoms with E-state index < -0.39 is 40.5 Å². The van der Waals surface area contributed by atoms with E-state index in [0.29, 0.717) is 28.8 Å². The molecule has 1 amide bonds. The molecule has 0 bridgehead atoms. The molecule has 2 aromatic rings. The molecule has 9 heteroatoms. The van der Waals surface area contributed by atoms with Crippen molar-refractivity contribution < 1.29 is 28.2 Å². The van der Waals surface area contributed by atoms with Crippen molar-refractivity contribution in [2.75, 3.05) is 13.7 Å². The van der Waals surface area contributed by atoms with Gasteiger partial charge in [-0.3, -0.25) is 4.90 Å². The molecule has 2 aliphatic rings. The van der Waals surface area contributed by atoms with Gasteiger partial charge in [0.05, 0.1) is 24.7 Å². The number of methoxy groups -OCH3 is 1. The van der Waals surface area contributed by atoms with Crippen LogP contribution in [0.2, 0.25) is 0 Å². The van der Waals surface area contributed by atoms with Crippen LogP contribution in [0, 0.1) is 12.7 Å². The van der Waals surface area contributed by atoms with Gasteiger partial charge in [-0.25, -0.2) is 19.0 Å². The second kappa shape index (κ2) is 7.76. The lowest BCUT2D eigenvalue weighted by Crippen LogP contribution is -2.46. The van der Waals surface area contributed by atoms with Crippen molar-refractivity contribution >= 4 is 34.6 Å². The van der Waals surface area contributed by atoms with Crippen molar-refractivity contribution in [1.82, 2.24) is 9.88 Å². The van der Waals surface area contributed by atoms with E-state index in [2.05, 4.69) is 4.98 Å². The minimum atomic E-state index is -0.928. The monoisotopic (exact) mass is 464 g/mol. The van der Waals surface area contributed by atoms with E-state index in [1.807, 2.05) is 0 Å². The lowest BCUT2D eigenvalue weighted by atomic mass is 9.87. The summed E-state index contributed by atoms with van der Waals surface area (Å²) < 4.78 is 31.2. The van der Waals surface area contributed by atoms with Gasteiger partial charge in [-0.1, -0.05) is 12.1 Å². The number of nitrogens with zero attached hydrogens (tertiary/aromatic N) is 2. The number of rotatable bonds is 1. The van der Waals surface area contributed by atoms with Gasteiger partial charge in [-0.05, 0) is 33.8 Å². The highest BCUT2D eigenvalue weighted by Gasteiger charge is 2.55. The summed E-state index contributed by atoms with van der Waals surface area (Å²) >= 11 is 6.83. The number of esters is 1. The van der Waals surface area contributed by atoms with Crippen LogP contribution in [0.25, 0.3) is 10.9 Å². The summed E-state index contributed by atoms with van der Waals surface area (Å²) in [7, 11) is 1.27. The molecule has 1 unspecified atom stereocenters. The fourth-order valence-electron chi connectivity index (χ4n) is 4.54. The number of hydrogen-bond donors (Lipinski definition) is 0. The van der Waals surface area contributed by atoms with Crippen LogP contribution < -0.4 is 4.74 Å². The summed E-state index contributed by atoms with van der Waals surface area (Å²) in [5.41, 5.74) is -0.255. The van der Waals surface area contributed by atoms with Crippen LogP contribution in [0.5, 0.6) is 5.75 Å². The SMILES string of the molecule is COC(=O)[C@@H]1C[C@]2(CC(Cl)c3c(c(C)nc4c(F)cccc34)O2)CN1C(=O)OC(C)(C)C. The third-order valence-electron chi connectivity index (χ3n) is 5.81. The first-order valence-corrected chi connectivity index (χ1v) is 10.9. The molecule has 32 heavy (non-hydrogen) atoms. The van der Waals surface area contributed by atoms with E-state index in [1.165, 1.54) is 18.1 Å². The number of likely N-dealkylation sites (tertiary alicyclic amines) is 1. The van der Waals surface area contributed by atoms with Crippen LogP contribution in [0.15, 0.2) is 18.2 Å². The van der Waals surface area contributed by atoms with Gasteiger partial charge in [0, 0.05) is 23.8 Å². The predicted molar refractivity (Wildman–Crippen MR) is 116 cm³/mol. The number of aryl methyl sites for hydroxylation is 1. The molecule has 0 aliphatic carbocycles. The zero-order valence-corrected chi connectivity index (χ0v) is 19.5. The number of pyridine rings is 1. The molecule has 0 N–H and O–H groups in total. The molecule has 3 atom stereocenters. The maximum absolute atomic E-state index is 14.4. The van der Waals surface area contributed by atoms with Crippen molar-refractivity contribution in [1.29, 1.82) is 0 Å². The molecule has 7 nitrogen and oxygen atoms in total. The van der Waals surface area contributed by atoms with Gasteiger partial charge in [0.15, 0.2) is 0 Å². The van der Waals surface area contributed by atoms with Crippen LogP contribution in [0.4, 0.5) is 9.18 Å². The second-order valence-corrected chi connectivity index (χ2v) is 9.91. The minimum Gasteiger partial charge on any atom is -0.483 e. The smallest absolute Gasteiger partial charge is 0.411 e. The van der Waals surface area contributed by atoms with Crippen molar-refractivity contribution in [3.8, 4) is 5.75 Å². The maximum Gasteiger partial charge on any atom is 0.411 e. The van der Waals surface area contributed by atoms with Gasteiger partial charge in [0.25, 0.3) is 0 Å². The van der Waals surface area contributed by atoms with Crippen molar-refractivity contribution in [2.45, 2.75) is 63.2 Å². The van der Waals surface area contributed by atoms with Crippen LogP contribution in [-0.4, -0.2) is 52.8 Å². The fourth-order valence-corrected chi connectivity index (χ4v) is 5.04. The lowest BCUT2D eigenvalue weighted by Gasteiger charge is -2.38. The van der Waals surface area contributed by atoms with E-state index >= 15 is 0 Å². The Morgan fingerprint density at radius 1 is 1.31 bits per heavy atom. The Labute approximate surface area is 190 Å². The molecule has 4 rings (SSSR count). The van der Waals surface area contributed by atoms with Gasteiger partial charge in [0.2, 0.25) is 0 Å². The van der Waals surface area contributed by atoms with E-state index in [9.17, 15) is 14.0 Å². The zero-order valence-electron chi connectivity index (χ0n) is 18.7. The van der Waals surface area contributed by atoms with Crippen molar-refractivity contribution in [3.05, 3.63) is 35.3 Å². The summed E-state index contributed by atoms with van der Waals surface area (Å²) in [4.78, 5) is 31.1. The molecule has 172 valence electrons. The number of hydrogen-bond acceptors (Lipinski definition) is 6. The first kappa shape index (κ1) is 22.6. The number of fused-ring (bicyclic) bond motifs is 3. The Kier molecular flexibility index (Phi) is 5.48. The van der Waals surface area contributed by atoms with Crippen LogP contribution in [0.3, 0.4) is 0 Å². The molecule has 1 aromatic heterocycles. The van der Waals surface area contributed by atoms with E-state index in [0.717, 1.165) is 0 Å². The largest absolute Gasteiger partial charge is 0.483 e. The molecular weight excluding hydrogens is 439 g/mol. The highest BCUT2D eigenvalue weighted by molar-refractivity contribution is 6.22. The summed E-state index contributed by atoms with van der Waals surface area (Å²) in [5.74, 6) is -0.520. The molecule has 1 saturated heterocycles. The molecular formula is C23H26ClFN2O5. The van der Waals surface area contributed by atoms with Crippen molar-refractivity contribution in [3.63, 3.8) is 0 Å². The number of benzene rings is 1. The maximum atomic E-state index is 14.4. The van der Waals surface area contributed by atoms with Crippen LogP contribution >= 0.6 is 11.6 Å². The number of ether oxygens (including phenoxy) is 3. The van der Waals surface area contributed by atoms with E-state index in [4.69, 9.17) is 25.8 Å². The third-order valence-corrected chi connectivity index (χ3v) is 6.19. The molecule has 3 heterocycles. The quantitative estimate of drug-likeness (QED) is 0.451. The number of para-hydroxylation sites is 1. The molecule has 0 saturated carbocycles. The van der Waals surface area contributed by atoms with Gasteiger partial charge < -0.3 is 14.2 Å². The second-order valence-electron chi connectivity index (χ2n) is 9.38. The highest BCUT2D eigenvalue weighted by Crippen LogP contribution is 2.51. The Hall–Kier alpha value is -2.61. The highest BCUT2D eigenvalue weighted by atomic mass is 35.5. The molecule has 1 fully saturated rings. The number of aromatic nitrogens is 1. The molecule has 2 aliphatic heterocycles. The molecule has 1 aromatic carbocycles. The standard InChI is InChI=1S/C23H26ClFN2O5/c1-12-19-17(13-7-6-8-15(25)18(13)26-12)14(24)9-23(31-19)10-16(20(28)30-5)27(11-23)21(29)32-22(2,3)4/h6-8,14,16H,9-11H2,1-5H3/t14?,16-,23+/m0/s1. The Bertz CT molecular complexity index is 1100.